The number of rotatable bonds is 6. The minimum atomic E-state index is -0.826. The van der Waals surface area contributed by atoms with E-state index >= 15 is 0 Å². The Balaban J connectivity index is 2.15. The number of pyridine rings is 1. The lowest BCUT2D eigenvalue weighted by atomic mass is 10.1. The number of hydrogen-bond acceptors (Lipinski definition) is 3. The van der Waals surface area contributed by atoms with Crippen LogP contribution in [0, 0.1) is 6.92 Å². The first-order valence-electron chi connectivity index (χ1n) is 6.63. The van der Waals surface area contributed by atoms with Gasteiger partial charge in [0.15, 0.2) is 0 Å². The van der Waals surface area contributed by atoms with Gasteiger partial charge in [0.25, 0.3) is 0 Å². The van der Waals surface area contributed by atoms with E-state index in [1.807, 2.05) is 48.2 Å². The summed E-state index contributed by atoms with van der Waals surface area (Å²) in [6.45, 7) is 3.09. The third-order valence-electron chi connectivity index (χ3n) is 3.08. The Hall–Kier alpha value is -1.72. The first-order chi connectivity index (χ1) is 10.0. The van der Waals surface area contributed by atoms with Crippen LogP contribution in [0.15, 0.2) is 47.1 Å². The molecule has 4 nitrogen and oxygen atoms in total. The lowest BCUT2D eigenvalue weighted by Gasteiger charge is -2.21. The molecule has 21 heavy (non-hydrogen) atoms. The van der Waals surface area contributed by atoms with Crippen LogP contribution in [0.4, 0.5) is 0 Å². The maximum Gasteiger partial charge on any atom is 0.317 e. The number of aliphatic carboxylic acids is 1. The fourth-order valence-corrected chi connectivity index (χ4v) is 2.60. The molecule has 1 aromatic carbocycles. The predicted molar refractivity (Wildman–Crippen MR) is 84.9 cm³/mol. The van der Waals surface area contributed by atoms with E-state index in [0.29, 0.717) is 13.1 Å². The number of aryl methyl sites for hydroxylation is 1. The Morgan fingerprint density at radius 3 is 2.71 bits per heavy atom. The van der Waals surface area contributed by atoms with Crippen LogP contribution in [0.25, 0.3) is 0 Å². The van der Waals surface area contributed by atoms with Crippen molar-refractivity contribution in [3.8, 4) is 0 Å². The van der Waals surface area contributed by atoms with Crippen LogP contribution in [0.3, 0.4) is 0 Å². The second-order valence-electron chi connectivity index (χ2n) is 4.94. The van der Waals surface area contributed by atoms with Gasteiger partial charge in [0.2, 0.25) is 0 Å². The van der Waals surface area contributed by atoms with E-state index in [0.717, 1.165) is 21.3 Å². The van der Waals surface area contributed by atoms with Gasteiger partial charge in [-0.05, 0) is 36.2 Å². The summed E-state index contributed by atoms with van der Waals surface area (Å²) >= 11 is 3.50. The highest BCUT2D eigenvalue weighted by Crippen LogP contribution is 2.19. The quantitative estimate of drug-likeness (QED) is 0.870. The number of carboxylic acid groups (broad SMARTS) is 1. The van der Waals surface area contributed by atoms with Crippen molar-refractivity contribution in [1.82, 2.24) is 9.88 Å². The molecule has 0 bridgehead atoms. The summed E-state index contributed by atoms with van der Waals surface area (Å²) in [6.07, 6.45) is 1.75. The molecule has 2 aromatic rings. The minimum Gasteiger partial charge on any atom is -0.480 e. The smallest absolute Gasteiger partial charge is 0.317 e. The SMILES string of the molecule is Cc1cc(CN(CC(=O)O)Cc2ccccc2Br)ccn1. The summed E-state index contributed by atoms with van der Waals surface area (Å²) in [5, 5.41) is 9.10. The largest absolute Gasteiger partial charge is 0.480 e. The molecule has 0 spiro atoms. The van der Waals surface area contributed by atoms with E-state index in [1.54, 1.807) is 6.20 Å². The molecule has 0 fully saturated rings. The molecular formula is C16H17BrN2O2. The monoisotopic (exact) mass is 348 g/mol. The molecular weight excluding hydrogens is 332 g/mol. The number of carbonyl (C=O) groups is 1. The van der Waals surface area contributed by atoms with Crippen LogP contribution >= 0.6 is 15.9 Å². The summed E-state index contributed by atoms with van der Waals surface area (Å²) in [4.78, 5) is 17.1. The first kappa shape index (κ1) is 15.7. The molecule has 0 aliphatic heterocycles. The van der Waals surface area contributed by atoms with Crippen molar-refractivity contribution in [3.05, 3.63) is 63.9 Å². The summed E-state index contributed by atoms with van der Waals surface area (Å²) in [6, 6.07) is 11.8. The van der Waals surface area contributed by atoms with Crippen molar-refractivity contribution in [2.24, 2.45) is 0 Å². The lowest BCUT2D eigenvalue weighted by Crippen LogP contribution is -2.29. The Morgan fingerprint density at radius 2 is 2.05 bits per heavy atom. The molecule has 2 rings (SSSR count). The Kier molecular flexibility index (Phi) is 5.47. The van der Waals surface area contributed by atoms with E-state index in [2.05, 4.69) is 20.9 Å². The second kappa shape index (κ2) is 7.33. The van der Waals surface area contributed by atoms with E-state index in [1.165, 1.54) is 0 Å². The number of hydrogen-bond donors (Lipinski definition) is 1. The van der Waals surface area contributed by atoms with Gasteiger partial charge in [0, 0.05) is 29.5 Å². The van der Waals surface area contributed by atoms with Crippen molar-refractivity contribution in [3.63, 3.8) is 0 Å². The van der Waals surface area contributed by atoms with Crippen LogP contribution in [0.1, 0.15) is 16.8 Å². The standard InChI is InChI=1S/C16H17BrN2O2/c1-12-8-13(6-7-18-12)9-19(11-16(20)21)10-14-4-2-3-5-15(14)17/h2-8H,9-11H2,1H3,(H,20,21). The molecule has 0 aliphatic rings. The maximum absolute atomic E-state index is 11.1. The zero-order chi connectivity index (χ0) is 15.2. The van der Waals surface area contributed by atoms with Crippen LogP contribution in [0.5, 0.6) is 0 Å². The zero-order valence-electron chi connectivity index (χ0n) is 11.8. The number of nitrogens with zero attached hydrogens (tertiary/aromatic N) is 2. The average Bonchev–Trinajstić information content (AvgIpc) is 2.40. The number of aromatic nitrogens is 1. The van der Waals surface area contributed by atoms with Gasteiger partial charge < -0.3 is 5.11 Å². The molecule has 0 radical (unpaired) electrons. The fourth-order valence-electron chi connectivity index (χ4n) is 2.19. The average molecular weight is 349 g/mol. The predicted octanol–water partition coefficient (Wildman–Crippen LogP) is 3.24. The Bertz CT molecular complexity index is 631. The van der Waals surface area contributed by atoms with Gasteiger partial charge in [-0.15, -0.1) is 0 Å². The van der Waals surface area contributed by atoms with Crippen LogP contribution in [-0.4, -0.2) is 27.5 Å². The Labute approximate surface area is 132 Å². The van der Waals surface area contributed by atoms with Crippen molar-refractivity contribution >= 4 is 21.9 Å². The molecule has 0 saturated carbocycles. The maximum atomic E-state index is 11.1. The van der Waals surface area contributed by atoms with Gasteiger partial charge >= 0.3 is 5.97 Å². The molecule has 1 heterocycles. The van der Waals surface area contributed by atoms with Gasteiger partial charge in [-0.1, -0.05) is 34.1 Å². The molecule has 5 heteroatoms. The number of carboxylic acids is 1. The minimum absolute atomic E-state index is 0.00268. The summed E-state index contributed by atoms with van der Waals surface area (Å²) in [5.41, 5.74) is 3.07. The van der Waals surface area contributed by atoms with Crippen LogP contribution < -0.4 is 0 Å². The highest BCUT2D eigenvalue weighted by atomic mass is 79.9. The fraction of sp³-hybridized carbons (Fsp3) is 0.250. The molecule has 1 aromatic heterocycles. The van der Waals surface area contributed by atoms with Crippen molar-refractivity contribution in [2.45, 2.75) is 20.0 Å². The second-order valence-corrected chi connectivity index (χ2v) is 5.79. The molecule has 110 valence electrons. The summed E-state index contributed by atoms with van der Waals surface area (Å²) in [7, 11) is 0. The molecule has 0 atom stereocenters. The van der Waals surface area contributed by atoms with Gasteiger partial charge in [-0.3, -0.25) is 14.7 Å². The topological polar surface area (TPSA) is 53.4 Å². The molecule has 0 unspecified atom stereocenters. The third kappa shape index (κ3) is 4.95. The van der Waals surface area contributed by atoms with E-state index in [4.69, 9.17) is 5.11 Å². The number of benzene rings is 1. The van der Waals surface area contributed by atoms with E-state index in [-0.39, 0.29) is 6.54 Å². The van der Waals surface area contributed by atoms with Crippen molar-refractivity contribution in [1.29, 1.82) is 0 Å². The summed E-state index contributed by atoms with van der Waals surface area (Å²) < 4.78 is 0.992. The van der Waals surface area contributed by atoms with E-state index in [9.17, 15) is 4.79 Å². The van der Waals surface area contributed by atoms with Gasteiger partial charge in [0.05, 0.1) is 6.54 Å². The zero-order valence-corrected chi connectivity index (χ0v) is 13.4. The van der Waals surface area contributed by atoms with Crippen molar-refractivity contribution in [2.75, 3.05) is 6.54 Å². The number of halogens is 1. The van der Waals surface area contributed by atoms with Gasteiger partial charge in [-0.2, -0.15) is 0 Å². The lowest BCUT2D eigenvalue weighted by molar-refractivity contribution is -0.138. The highest BCUT2D eigenvalue weighted by molar-refractivity contribution is 9.10. The van der Waals surface area contributed by atoms with Crippen molar-refractivity contribution < 1.29 is 9.90 Å². The molecule has 0 saturated heterocycles. The normalized spacial score (nSPS) is 10.8. The van der Waals surface area contributed by atoms with Crippen LogP contribution in [0.2, 0.25) is 0 Å². The molecule has 1 N–H and O–H groups in total. The highest BCUT2D eigenvalue weighted by Gasteiger charge is 2.12. The first-order valence-corrected chi connectivity index (χ1v) is 7.43. The Morgan fingerprint density at radius 1 is 1.29 bits per heavy atom. The van der Waals surface area contributed by atoms with Gasteiger partial charge in [0.1, 0.15) is 0 Å². The molecule has 0 amide bonds. The van der Waals surface area contributed by atoms with E-state index < -0.39 is 5.97 Å². The third-order valence-corrected chi connectivity index (χ3v) is 3.85. The van der Waals surface area contributed by atoms with Gasteiger partial charge in [-0.25, -0.2) is 0 Å². The van der Waals surface area contributed by atoms with Crippen LogP contribution in [-0.2, 0) is 17.9 Å². The molecule has 0 aliphatic carbocycles. The summed E-state index contributed by atoms with van der Waals surface area (Å²) in [5.74, 6) is -0.826.